The van der Waals surface area contributed by atoms with Crippen molar-refractivity contribution in [3.63, 3.8) is 0 Å². The average Bonchev–Trinajstić information content (AvgIpc) is 3.13. The summed E-state index contributed by atoms with van der Waals surface area (Å²) in [4.78, 5) is 27.2. The summed E-state index contributed by atoms with van der Waals surface area (Å²) in [6.07, 6.45) is 0. The molecule has 3 aromatic carbocycles. The molecule has 4 aromatic rings. The number of phenolic OH excluding ortho intramolecular Hbond substituents is 1. The predicted molar refractivity (Wildman–Crippen MR) is 110 cm³/mol. The van der Waals surface area contributed by atoms with Crippen molar-refractivity contribution >= 4 is 44.3 Å². The molecule has 2 N–H and O–H groups in total. The number of aromatic nitrogens is 1. The summed E-state index contributed by atoms with van der Waals surface area (Å²) < 4.78 is 6.25. The second kappa shape index (κ2) is 7.36. The first-order valence-corrected chi connectivity index (χ1v) is 9.15. The zero-order chi connectivity index (χ0) is 20.5. The van der Waals surface area contributed by atoms with E-state index in [0.29, 0.717) is 32.7 Å². The van der Waals surface area contributed by atoms with E-state index in [1.807, 2.05) is 0 Å². The summed E-state index contributed by atoms with van der Waals surface area (Å²) >= 11 is 3.25. The fraction of sp³-hybridized carbons (Fsp3) is 0. The highest BCUT2D eigenvalue weighted by molar-refractivity contribution is 9.10. The van der Waals surface area contributed by atoms with Crippen LogP contribution in [0.1, 0.15) is 10.4 Å². The lowest BCUT2D eigenvalue weighted by Gasteiger charge is -2.04. The van der Waals surface area contributed by atoms with Crippen LogP contribution in [0, 0.1) is 10.1 Å². The molecule has 144 valence electrons. The van der Waals surface area contributed by atoms with Crippen molar-refractivity contribution in [1.29, 1.82) is 0 Å². The van der Waals surface area contributed by atoms with Gasteiger partial charge in [0.15, 0.2) is 5.58 Å². The average molecular weight is 454 g/mol. The number of non-ortho nitro benzene ring substituents is 1. The normalized spacial score (nSPS) is 10.8. The van der Waals surface area contributed by atoms with E-state index in [4.69, 9.17) is 4.42 Å². The third kappa shape index (κ3) is 3.81. The Bertz CT molecular complexity index is 1270. The van der Waals surface area contributed by atoms with Crippen LogP contribution in [-0.2, 0) is 0 Å². The topological polar surface area (TPSA) is 118 Å². The zero-order valence-corrected chi connectivity index (χ0v) is 16.2. The highest BCUT2D eigenvalue weighted by Crippen LogP contribution is 2.31. The highest BCUT2D eigenvalue weighted by Gasteiger charge is 2.14. The monoisotopic (exact) mass is 453 g/mol. The number of rotatable bonds is 4. The number of amides is 1. The lowest BCUT2D eigenvalue weighted by molar-refractivity contribution is -0.384. The van der Waals surface area contributed by atoms with E-state index in [-0.39, 0.29) is 17.0 Å². The minimum Gasteiger partial charge on any atom is -0.507 e. The lowest BCUT2D eigenvalue weighted by Crippen LogP contribution is -2.12. The number of benzene rings is 3. The third-order valence-electron chi connectivity index (χ3n) is 4.16. The van der Waals surface area contributed by atoms with Crippen LogP contribution in [-0.4, -0.2) is 20.9 Å². The molecule has 0 saturated carbocycles. The Hall–Kier alpha value is -3.72. The predicted octanol–water partition coefficient (Wildman–Crippen LogP) is 5.12. The number of nitro groups is 1. The van der Waals surface area contributed by atoms with Crippen molar-refractivity contribution in [2.75, 3.05) is 5.32 Å². The number of phenols is 1. The summed E-state index contributed by atoms with van der Waals surface area (Å²) in [7, 11) is 0. The van der Waals surface area contributed by atoms with Crippen molar-refractivity contribution in [3.8, 4) is 17.2 Å². The van der Waals surface area contributed by atoms with Crippen molar-refractivity contribution in [2.24, 2.45) is 0 Å². The first-order valence-electron chi connectivity index (χ1n) is 8.36. The van der Waals surface area contributed by atoms with E-state index in [2.05, 4.69) is 26.2 Å². The van der Waals surface area contributed by atoms with Gasteiger partial charge in [-0.25, -0.2) is 4.98 Å². The molecule has 0 atom stereocenters. The first-order chi connectivity index (χ1) is 13.9. The number of hydrogen-bond acceptors (Lipinski definition) is 6. The van der Waals surface area contributed by atoms with Crippen LogP contribution in [0.4, 0.5) is 11.4 Å². The second-order valence-electron chi connectivity index (χ2n) is 6.13. The van der Waals surface area contributed by atoms with Gasteiger partial charge < -0.3 is 14.8 Å². The van der Waals surface area contributed by atoms with Crippen LogP contribution < -0.4 is 5.32 Å². The SMILES string of the molecule is O=C(Nc1ccc2oc(-c3ccc(O)c(Br)c3)nc2c1)c1cccc([N+](=O)[O-])c1. The molecule has 0 saturated heterocycles. The number of nitrogens with one attached hydrogen (secondary N) is 1. The first kappa shape index (κ1) is 18.6. The molecule has 0 aliphatic carbocycles. The number of hydrogen-bond donors (Lipinski definition) is 2. The highest BCUT2D eigenvalue weighted by atomic mass is 79.9. The summed E-state index contributed by atoms with van der Waals surface area (Å²) in [6.45, 7) is 0. The standard InChI is InChI=1S/C20H12BrN3O5/c21-15-9-12(4-6-17(15)25)20-23-16-10-13(5-7-18(16)29-20)22-19(26)11-2-1-3-14(8-11)24(27)28/h1-10,25H,(H,22,26). The minimum absolute atomic E-state index is 0.107. The maximum atomic E-state index is 12.4. The maximum Gasteiger partial charge on any atom is 0.270 e. The van der Waals surface area contributed by atoms with Crippen molar-refractivity contribution < 1.29 is 19.2 Å². The van der Waals surface area contributed by atoms with Gasteiger partial charge in [0.2, 0.25) is 5.89 Å². The Morgan fingerprint density at radius 1 is 1.14 bits per heavy atom. The second-order valence-corrected chi connectivity index (χ2v) is 6.98. The van der Waals surface area contributed by atoms with E-state index >= 15 is 0 Å². The summed E-state index contributed by atoms with van der Waals surface area (Å²) in [5, 5.41) is 23.2. The Labute approximate surface area is 172 Å². The van der Waals surface area contributed by atoms with E-state index in [1.165, 1.54) is 30.3 Å². The number of aromatic hydroxyl groups is 1. The molecule has 0 bridgehead atoms. The van der Waals surface area contributed by atoms with Gasteiger partial charge in [-0.05, 0) is 58.4 Å². The van der Waals surface area contributed by atoms with Gasteiger partial charge in [-0.2, -0.15) is 0 Å². The molecule has 0 unspecified atom stereocenters. The minimum atomic E-state index is -0.554. The number of oxazole rings is 1. The Kier molecular flexibility index (Phi) is 4.73. The summed E-state index contributed by atoms with van der Waals surface area (Å²) in [6, 6.07) is 15.3. The van der Waals surface area contributed by atoms with Gasteiger partial charge >= 0.3 is 0 Å². The number of anilines is 1. The Balaban J connectivity index is 1.60. The zero-order valence-electron chi connectivity index (χ0n) is 14.6. The lowest BCUT2D eigenvalue weighted by atomic mass is 10.2. The van der Waals surface area contributed by atoms with E-state index in [0.717, 1.165) is 0 Å². The molecule has 1 amide bonds. The molecular weight excluding hydrogens is 442 g/mol. The van der Waals surface area contributed by atoms with Gasteiger partial charge in [-0.1, -0.05) is 6.07 Å². The number of carbonyl (C=O) groups excluding carboxylic acids is 1. The number of nitro benzene ring substituents is 1. The quantitative estimate of drug-likeness (QED) is 0.326. The maximum absolute atomic E-state index is 12.4. The van der Waals surface area contributed by atoms with E-state index in [9.17, 15) is 20.0 Å². The van der Waals surface area contributed by atoms with Crippen molar-refractivity contribution in [2.45, 2.75) is 0 Å². The van der Waals surface area contributed by atoms with Crippen molar-refractivity contribution in [1.82, 2.24) is 4.98 Å². The van der Waals surface area contributed by atoms with Crippen LogP contribution >= 0.6 is 15.9 Å². The van der Waals surface area contributed by atoms with Crippen LogP contribution in [0.2, 0.25) is 0 Å². The molecule has 9 heteroatoms. The van der Waals surface area contributed by atoms with Crippen LogP contribution in [0.25, 0.3) is 22.6 Å². The van der Waals surface area contributed by atoms with E-state index < -0.39 is 10.8 Å². The largest absolute Gasteiger partial charge is 0.507 e. The molecule has 1 aromatic heterocycles. The van der Waals surface area contributed by atoms with Crippen LogP contribution in [0.3, 0.4) is 0 Å². The molecule has 4 rings (SSSR count). The van der Waals surface area contributed by atoms with E-state index in [1.54, 1.807) is 30.3 Å². The van der Waals surface area contributed by atoms with Gasteiger partial charge in [-0.15, -0.1) is 0 Å². The van der Waals surface area contributed by atoms with Crippen LogP contribution in [0.15, 0.2) is 69.6 Å². The third-order valence-corrected chi connectivity index (χ3v) is 4.79. The number of carbonyl (C=O) groups is 1. The smallest absolute Gasteiger partial charge is 0.270 e. The molecule has 8 nitrogen and oxygen atoms in total. The fourth-order valence-corrected chi connectivity index (χ4v) is 3.11. The summed E-state index contributed by atoms with van der Waals surface area (Å²) in [5.74, 6) is -0.00176. The summed E-state index contributed by atoms with van der Waals surface area (Å²) in [5.41, 5.74) is 2.22. The van der Waals surface area contributed by atoms with Gasteiger partial charge in [0.1, 0.15) is 11.3 Å². The molecule has 0 radical (unpaired) electrons. The van der Waals surface area contributed by atoms with Crippen molar-refractivity contribution in [3.05, 3.63) is 80.8 Å². The number of halogens is 1. The Morgan fingerprint density at radius 3 is 2.72 bits per heavy atom. The molecule has 0 aliphatic rings. The van der Waals surface area contributed by atoms with Gasteiger partial charge in [0, 0.05) is 28.9 Å². The molecule has 0 fully saturated rings. The molecule has 0 spiro atoms. The Morgan fingerprint density at radius 2 is 1.97 bits per heavy atom. The van der Waals surface area contributed by atoms with Crippen LogP contribution in [0.5, 0.6) is 5.75 Å². The molecular formula is C20H12BrN3O5. The number of fused-ring (bicyclic) bond motifs is 1. The van der Waals surface area contributed by atoms with Gasteiger partial charge in [0.25, 0.3) is 11.6 Å². The number of nitrogens with zero attached hydrogens (tertiary/aromatic N) is 2. The molecule has 29 heavy (non-hydrogen) atoms. The molecule has 0 aliphatic heterocycles. The molecule has 1 heterocycles. The van der Waals surface area contributed by atoms with Gasteiger partial charge in [-0.3, -0.25) is 14.9 Å². The fourth-order valence-electron chi connectivity index (χ4n) is 2.73. The van der Waals surface area contributed by atoms with Gasteiger partial charge in [0.05, 0.1) is 9.40 Å².